The van der Waals surface area contributed by atoms with E-state index in [0.717, 1.165) is 12.1 Å². The van der Waals surface area contributed by atoms with Gasteiger partial charge in [0, 0.05) is 26.0 Å². The predicted octanol–water partition coefficient (Wildman–Crippen LogP) is 0.710. The molecule has 6 nitrogen and oxygen atoms in total. The molecular weight excluding hydrogens is 272 g/mol. The van der Waals surface area contributed by atoms with Crippen LogP contribution in [0.2, 0.25) is 0 Å². The van der Waals surface area contributed by atoms with Crippen LogP contribution in [0, 0.1) is 6.92 Å². The van der Waals surface area contributed by atoms with Crippen molar-refractivity contribution >= 4 is 5.91 Å². The Kier molecular flexibility index (Phi) is 5.14. The first-order chi connectivity index (χ1) is 10.1. The van der Waals surface area contributed by atoms with Crippen LogP contribution in [-0.4, -0.2) is 42.9 Å². The van der Waals surface area contributed by atoms with Crippen LogP contribution in [0.4, 0.5) is 0 Å². The Labute approximate surface area is 124 Å². The third-order valence-electron chi connectivity index (χ3n) is 3.87. The quantitative estimate of drug-likeness (QED) is 0.888. The summed E-state index contributed by atoms with van der Waals surface area (Å²) in [6, 6.07) is 3.13. The van der Waals surface area contributed by atoms with Gasteiger partial charge in [-0.25, -0.2) is 0 Å². The molecular formula is C15H22N2O4. The number of hydrogen-bond acceptors (Lipinski definition) is 4. The first-order valence-corrected chi connectivity index (χ1v) is 7.20. The SMILES string of the molecule is CCn1c(C)ccc(C(=O)N[C@@H]2COCC[C@H]2OC)c1=O. The molecule has 1 aliphatic rings. The van der Waals surface area contributed by atoms with Gasteiger partial charge in [-0.2, -0.15) is 0 Å². The summed E-state index contributed by atoms with van der Waals surface area (Å²) in [7, 11) is 1.62. The summed E-state index contributed by atoms with van der Waals surface area (Å²) in [6.45, 7) is 5.30. The second kappa shape index (κ2) is 6.87. The smallest absolute Gasteiger partial charge is 0.263 e. The molecule has 2 heterocycles. The second-order valence-electron chi connectivity index (χ2n) is 5.16. The maximum Gasteiger partial charge on any atom is 0.263 e. The van der Waals surface area contributed by atoms with E-state index in [0.29, 0.717) is 19.8 Å². The van der Waals surface area contributed by atoms with Gasteiger partial charge in [0.25, 0.3) is 11.5 Å². The molecule has 0 spiro atoms. The maximum absolute atomic E-state index is 12.3. The standard InChI is InChI=1S/C15H22N2O4/c1-4-17-10(2)5-6-11(15(17)19)14(18)16-12-9-21-8-7-13(12)20-3/h5-6,12-13H,4,7-9H2,1-3H3,(H,16,18)/t12-,13-/m1/s1. The summed E-state index contributed by atoms with van der Waals surface area (Å²) in [6.07, 6.45) is 0.649. The van der Waals surface area contributed by atoms with Crippen molar-refractivity contribution < 1.29 is 14.3 Å². The van der Waals surface area contributed by atoms with Gasteiger partial charge in [-0.05, 0) is 32.4 Å². The summed E-state index contributed by atoms with van der Waals surface area (Å²) < 4.78 is 12.3. The van der Waals surface area contributed by atoms with Gasteiger partial charge in [0.15, 0.2) is 0 Å². The van der Waals surface area contributed by atoms with Crippen molar-refractivity contribution in [3.63, 3.8) is 0 Å². The van der Waals surface area contributed by atoms with Crippen molar-refractivity contribution in [2.45, 2.75) is 39.0 Å². The van der Waals surface area contributed by atoms with E-state index in [1.54, 1.807) is 23.8 Å². The van der Waals surface area contributed by atoms with Gasteiger partial charge in [-0.1, -0.05) is 0 Å². The first kappa shape index (κ1) is 15.7. The van der Waals surface area contributed by atoms with E-state index in [1.165, 1.54) is 0 Å². The molecule has 0 aliphatic carbocycles. The topological polar surface area (TPSA) is 69.6 Å². The second-order valence-corrected chi connectivity index (χ2v) is 5.16. The number of carbonyl (C=O) groups excluding carboxylic acids is 1. The van der Waals surface area contributed by atoms with Crippen molar-refractivity contribution in [2.75, 3.05) is 20.3 Å². The first-order valence-electron chi connectivity index (χ1n) is 7.20. The number of ether oxygens (including phenoxy) is 2. The number of pyridine rings is 1. The van der Waals surface area contributed by atoms with Gasteiger partial charge < -0.3 is 19.4 Å². The summed E-state index contributed by atoms with van der Waals surface area (Å²) in [5, 5.41) is 2.85. The van der Waals surface area contributed by atoms with Crippen molar-refractivity contribution in [3.8, 4) is 0 Å². The summed E-state index contributed by atoms with van der Waals surface area (Å²) >= 11 is 0. The Balaban J connectivity index is 2.19. The number of hydrogen-bond donors (Lipinski definition) is 1. The van der Waals surface area contributed by atoms with Gasteiger partial charge in [-0.15, -0.1) is 0 Å². The third-order valence-corrected chi connectivity index (χ3v) is 3.87. The van der Waals surface area contributed by atoms with Crippen LogP contribution < -0.4 is 10.9 Å². The number of amides is 1. The Morgan fingerprint density at radius 3 is 2.95 bits per heavy atom. The van der Waals surface area contributed by atoms with E-state index in [1.807, 2.05) is 13.8 Å². The van der Waals surface area contributed by atoms with Gasteiger partial charge in [-0.3, -0.25) is 9.59 Å². The molecule has 1 aromatic rings. The highest BCUT2D eigenvalue weighted by Gasteiger charge is 2.28. The zero-order chi connectivity index (χ0) is 15.4. The van der Waals surface area contributed by atoms with E-state index < -0.39 is 0 Å². The van der Waals surface area contributed by atoms with Crippen LogP contribution in [0.15, 0.2) is 16.9 Å². The van der Waals surface area contributed by atoms with E-state index in [4.69, 9.17) is 9.47 Å². The zero-order valence-corrected chi connectivity index (χ0v) is 12.7. The predicted molar refractivity (Wildman–Crippen MR) is 78.6 cm³/mol. The van der Waals surface area contributed by atoms with Gasteiger partial charge in [0.2, 0.25) is 0 Å². The average Bonchev–Trinajstić information content (AvgIpc) is 2.48. The molecule has 0 radical (unpaired) electrons. The van der Waals surface area contributed by atoms with E-state index >= 15 is 0 Å². The van der Waals surface area contributed by atoms with Crippen LogP contribution in [0.5, 0.6) is 0 Å². The molecule has 1 aromatic heterocycles. The molecule has 0 aromatic carbocycles. The fraction of sp³-hybridized carbons (Fsp3) is 0.600. The fourth-order valence-corrected chi connectivity index (χ4v) is 2.62. The van der Waals surface area contributed by atoms with Crippen molar-refractivity contribution in [3.05, 3.63) is 33.7 Å². The lowest BCUT2D eigenvalue weighted by molar-refractivity contribution is -0.0349. The number of nitrogens with zero attached hydrogens (tertiary/aromatic N) is 1. The highest BCUT2D eigenvalue weighted by atomic mass is 16.5. The number of rotatable bonds is 4. The summed E-state index contributed by atoms with van der Waals surface area (Å²) in [4.78, 5) is 24.6. The van der Waals surface area contributed by atoms with Crippen LogP contribution in [-0.2, 0) is 16.0 Å². The van der Waals surface area contributed by atoms with Crippen molar-refractivity contribution in [1.29, 1.82) is 0 Å². The van der Waals surface area contributed by atoms with Crippen LogP contribution in [0.25, 0.3) is 0 Å². The molecule has 0 bridgehead atoms. The minimum atomic E-state index is -0.375. The Morgan fingerprint density at radius 2 is 2.29 bits per heavy atom. The Morgan fingerprint density at radius 1 is 1.52 bits per heavy atom. The molecule has 0 unspecified atom stereocenters. The van der Waals surface area contributed by atoms with Crippen LogP contribution in [0.1, 0.15) is 29.4 Å². The van der Waals surface area contributed by atoms with Crippen LogP contribution >= 0.6 is 0 Å². The van der Waals surface area contributed by atoms with E-state index in [2.05, 4.69) is 5.32 Å². The van der Waals surface area contributed by atoms with Gasteiger partial charge >= 0.3 is 0 Å². The number of aromatic nitrogens is 1. The number of methoxy groups -OCH3 is 1. The van der Waals surface area contributed by atoms with Crippen LogP contribution in [0.3, 0.4) is 0 Å². The van der Waals surface area contributed by atoms with Gasteiger partial charge in [0.05, 0.1) is 18.8 Å². The van der Waals surface area contributed by atoms with E-state index in [9.17, 15) is 9.59 Å². The summed E-state index contributed by atoms with van der Waals surface area (Å²) in [5.41, 5.74) is 0.735. The average molecular weight is 294 g/mol. The lowest BCUT2D eigenvalue weighted by Crippen LogP contribution is -2.51. The molecule has 1 N–H and O–H groups in total. The molecule has 2 rings (SSSR count). The molecule has 1 fully saturated rings. The highest BCUT2D eigenvalue weighted by Crippen LogP contribution is 2.11. The molecule has 116 valence electrons. The molecule has 2 atom stereocenters. The fourth-order valence-electron chi connectivity index (χ4n) is 2.62. The maximum atomic E-state index is 12.3. The molecule has 1 saturated heterocycles. The molecule has 6 heteroatoms. The monoisotopic (exact) mass is 294 g/mol. The molecule has 1 amide bonds. The number of nitrogens with one attached hydrogen (secondary N) is 1. The normalized spacial score (nSPS) is 22.0. The lowest BCUT2D eigenvalue weighted by Gasteiger charge is -2.31. The lowest BCUT2D eigenvalue weighted by atomic mass is 10.1. The highest BCUT2D eigenvalue weighted by molar-refractivity contribution is 5.94. The largest absolute Gasteiger partial charge is 0.379 e. The number of carbonyl (C=O) groups is 1. The Hall–Kier alpha value is -1.66. The minimum Gasteiger partial charge on any atom is -0.379 e. The molecule has 1 aliphatic heterocycles. The van der Waals surface area contributed by atoms with Crippen molar-refractivity contribution in [1.82, 2.24) is 9.88 Å². The molecule has 21 heavy (non-hydrogen) atoms. The molecule has 0 saturated carbocycles. The number of aryl methyl sites for hydroxylation is 1. The third kappa shape index (κ3) is 3.33. The van der Waals surface area contributed by atoms with Crippen molar-refractivity contribution in [2.24, 2.45) is 0 Å². The van der Waals surface area contributed by atoms with Gasteiger partial charge in [0.1, 0.15) is 5.56 Å². The minimum absolute atomic E-state index is 0.0819. The Bertz CT molecular complexity index is 567. The summed E-state index contributed by atoms with van der Waals surface area (Å²) in [5.74, 6) is -0.375. The zero-order valence-electron chi connectivity index (χ0n) is 12.7. The van der Waals surface area contributed by atoms with E-state index in [-0.39, 0.29) is 29.2 Å².